The largest absolute Gasteiger partial charge is 0.493 e. The number of rotatable bonds is 8. The molecule has 7 nitrogen and oxygen atoms in total. The van der Waals surface area contributed by atoms with Gasteiger partial charge in [0.25, 0.3) is 0 Å². The Hall–Kier alpha value is -2.01. The average Bonchev–Trinajstić information content (AvgIpc) is 2.69. The first-order chi connectivity index (χ1) is 13.8. The van der Waals surface area contributed by atoms with Gasteiger partial charge in [0.15, 0.2) is 27.3 Å². The third-order valence-electron chi connectivity index (χ3n) is 4.48. The van der Waals surface area contributed by atoms with Crippen LogP contribution in [-0.4, -0.2) is 48.4 Å². The van der Waals surface area contributed by atoms with Crippen LogP contribution in [0.1, 0.15) is 16.7 Å². The number of guanidine groups is 1. The second kappa shape index (κ2) is 12.0. The van der Waals surface area contributed by atoms with Gasteiger partial charge < -0.3 is 20.1 Å². The highest BCUT2D eigenvalue weighted by Gasteiger charge is 2.11. The third kappa shape index (κ3) is 7.35. The van der Waals surface area contributed by atoms with Gasteiger partial charge in [-0.05, 0) is 48.2 Å². The van der Waals surface area contributed by atoms with E-state index in [1.54, 1.807) is 34.3 Å². The molecule has 0 fully saturated rings. The lowest BCUT2D eigenvalue weighted by molar-refractivity contribution is 0.354. The molecular formula is C21H30IN3O4S. The van der Waals surface area contributed by atoms with Crippen LogP contribution < -0.4 is 20.1 Å². The van der Waals surface area contributed by atoms with Gasteiger partial charge in [0.05, 0.1) is 19.1 Å². The van der Waals surface area contributed by atoms with Crippen LogP contribution in [-0.2, 0) is 22.8 Å². The molecule has 9 heteroatoms. The zero-order chi connectivity index (χ0) is 21.4. The first kappa shape index (κ1) is 26.0. The Balaban J connectivity index is 0.00000450. The number of hydrogen-bond acceptors (Lipinski definition) is 5. The maximum atomic E-state index is 11.7. The number of aliphatic imine (C=N–C) groups is 1. The first-order valence-electron chi connectivity index (χ1n) is 9.23. The second-order valence-electron chi connectivity index (χ2n) is 6.66. The van der Waals surface area contributed by atoms with E-state index in [2.05, 4.69) is 15.6 Å². The molecule has 0 heterocycles. The predicted octanol–water partition coefficient (Wildman–Crippen LogP) is 2.94. The molecule has 0 aliphatic heterocycles. The number of nitrogens with zero attached hydrogens (tertiary/aromatic N) is 1. The highest BCUT2D eigenvalue weighted by Crippen LogP contribution is 2.27. The zero-order valence-corrected chi connectivity index (χ0v) is 21.1. The van der Waals surface area contributed by atoms with E-state index in [1.807, 2.05) is 30.3 Å². The number of nitrogens with one attached hydrogen (secondary N) is 2. The summed E-state index contributed by atoms with van der Waals surface area (Å²) >= 11 is 0. The Kier molecular flexibility index (Phi) is 10.4. The van der Waals surface area contributed by atoms with Gasteiger partial charge in [-0.15, -0.1) is 24.0 Å². The number of halogens is 1. The van der Waals surface area contributed by atoms with Crippen LogP contribution in [0.5, 0.6) is 11.5 Å². The summed E-state index contributed by atoms with van der Waals surface area (Å²) in [5.41, 5.74) is 2.85. The molecule has 0 bridgehead atoms. The summed E-state index contributed by atoms with van der Waals surface area (Å²) in [6.45, 7) is 3.04. The lowest BCUT2D eigenvalue weighted by Crippen LogP contribution is -2.37. The van der Waals surface area contributed by atoms with Crippen molar-refractivity contribution in [1.82, 2.24) is 10.6 Å². The van der Waals surface area contributed by atoms with Gasteiger partial charge in [0, 0.05) is 26.4 Å². The van der Waals surface area contributed by atoms with E-state index in [4.69, 9.17) is 9.47 Å². The van der Waals surface area contributed by atoms with Crippen LogP contribution in [0.15, 0.2) is 46.3 Å². The molecule has 2 rings (SSSR count). The van der Waals surface area contributed by atoms with E-state index in [-0.39, 0.29) is 24.0 Å². The quantitative estimate of drug-likeness (QED) is 0.300. The molecule has 0 saturated heterocycles. The maximum Gasteiger partial charge on any atom is 0.191 e. The number of hydrogen-bond donors (Lipinski definition) is 2. The van der Waals surface area contributed by atoms with Crippen molar-refractivity contribution in [1.29, 1.82) is 0 Å². The fraction of sp³-hybridized carbons (Fsp3) is 0.381. The molecule has 0 amide bonds. The Morgan fingerprint density at radius 3 is 2.23 bits per heavy atom. The molecule has 2 aromatic rings. The minimum atomic E-state index is -3.21. The molecule has 0 unspecified atom stereocenters. The fourth-order valence-electron chi connectivity index (χ4n) is 3.01. The summed E-state index contributed by atoms with van der Waals surface area (Å²) < 4.78 is 34.0. The van der Waals surface area contributed by atoms with Crippen LogP contribution in [0.4, 0.5) is 0 Å². The third-order valence-corrected chi connectivity index (χ3v) is 5.73. The summed E-state index contributed by atoms with van der Waals surface area (Å²) in [7, 11) is 1.74. The highest BCUT2D eigenvalue weighted by atomic mass is 127. The van der Waals surface area contributed by atoms with E-state index in [0.717, 1.165) is 23.1 Å². The molecule has 2 aromatic carbocycles. The van der Waals surface area contributed by atoms with Crippen LogP contribution >= 0.6 is 24.0 Å². The lowest BCUT2D eigenvalue weighted by Gasteiger charge is -2.14. The van der Waals surface area contributed by atoms with Gasteiger partial charge >= 0.3 is 0 Å². The molecule has 166 valence electrons. The van der Waals surface area contributed by atoms with Crippen molar-refractivity contribution in [2.24, 2.45) is 4.99 Å². The molecule has 2 N–H and O–H groups in total. The Labute approximate surface area is 196 Å². The molecule has 0 radical (unpaired) electrons. The molecule has 0 aliphatic rings. The minimum absolute atomic E-state index is 0. The lowest BCUT2D eigenvalue weighted by atomic mass is 10.1. The van der Waals surface area contributed by atoms with Gasteiger partial charge in [-0.2, -0.15) is 0 Å². The second-order valence-corrected chi connectivity index (χ2v) is 8.65. The number of methoxy groups -OCH3 is 2. The monoisotopic (exact) mass is 547 g/mol. The predicted molar refractivity (Wildman–Crippen MR) is 131 cm³/mol. The number of aryl methyl sites for hydroxylation is 1. The summed E-state index contributed by atoms with van der Waals surface area (Å²) in [6.07, 6.45) is 2.01. The van der Waals surface area contributed by atoms with E-state index in [1.165, 1.54) is 6.26 Å². The van der Waals surface area contributed by atoms with Crippen molar-refractivity contribution in [2.45, 2.75) is 24.8 Å². The van der Waals surface area contributed by atoms with Crippen molar-refractivity contribution < 1.29 is 17.9 Å². The van der Waals surface area contributed by atoms with Crippen molar-refractivity contribution in [2.75, 3.05) is 34.1 Å². The van der Waals surface area contributed by atoms with Gasteiger partial charge in [-0.3, -0.25) is 4.99 Å². The Morgan fingerprint density at radius 2 is 1.67 bits per heavy atom. The standard InChI is InChI=1S/C21H29N3O4S.HI/c1-15-12-17(7-9-20(15)29(5,25)26)14-24-21(22-2)23-11-10-16-6-8-18(27-3)19(13-16)28-4;/h6-9,12-13H,10-11,14H2,1-5H3,(H2,22,23,24);1H. The first-order valence-corrected chi connectivity index (χ1v) is 11.1. The van der Waals surface area contributed by atoms with Gasteiger partial charge in [0.1, 0.15) is 0 Å². The maximum absolute atomic E-state index is 11.7. The Morgan fingerprint density at radius 1 is 1.00 bits per heavy atom. The molecule has 0 saturated carbocycles. The smallest absolute Gasteiger partial charge is 0.191 e. The molecule has 0 aromatic heterocycles. The van der Waals surface area contributed by atoms with E-state index in [9.17, 15) is 8.42 Å². The van der Waals surface area contributed by atoms with Crippen LogP contribution in [0, 0.1) is 6.92 Å². The van der Waals surface area contributed by atoms with Crippen molar-refractivity contribution in [3.8, 4) is 11.5 Å². The SMILES string of the molecule is CN=C(NCCc1ccc(OC)c(OC)c1)NCc1ccc(S(C)(=O)=O)c(C)c1.I. The summed E-state index contributed by atoms with van der Waals surface area (Å²) in [4.78, 5) is 4.59. The van der Waals surface area contributed by atoms with Crippen molar-refractivity contribution in [3.63, 3.8) is 0 Å². The van der Waals surface area contributed by atoms with Crippen molar-refractivity contribution >= 4 is 39.8 Å². The summed E-state index contributed by atoms with van der Waals surface area (Å²) in [5, 5.41) is 6.52. The van der Waals surface area contributed by atoms with E-state index < -0.39 is 9.84 Å². The van der Waals surface area contributed by atoms with Crippen LogP contribution in [0.2, 0.25) is 0 Å². The minimum Gasteiger partial charge on any atom is -0.493 e. The van der Waals surface area contributed by atoms with Gasteiger partial charge in [0.2, 0.25) is 0 Å². The zero-order valence-electron chi connectivity index (χ0n) is 18.0. The number of sulfone groups is 1. The molecule has 0 aliphatic carbocycles. The van der Waals surface area contributed by atoms with E-state index >= 15 is 0 Å². The van der Waals surface area contributed by atoms with E-state index in [0.29, 0.717) is 35.4 Å². The topological polar surface area (TPSA) is 89.0 Å². The van der Waals surface area contributed by atoms with Gasteiger partial charge in [-0.1, -0.05) is 18.2 Å². The van der Waals surface area contributed by atoms with Gasteiger partial charge in [-0.25, -0.2) is 8.42 Å². The number of ether oxygens (including phenoxy) is 2. The highest BCUT2D eigenvalue weighted by molar-refractivity contribution is 14.0. The Bertz CT molecular complexity index is 978. The average molecular weight is 547 g/mol. The summed E-state index contributed by atoms with van der Waals surface area (Å²) in [6, 6.07) is 11.2. The van der Waals surface area contributed by atoms with Crippen LogP contribution in [0.3, 0.4) is 0 Å². The number of benzene rings is 2. The molecule has 0 atom stereocenters. The molecule has 0 spiro atoms. The van der Waals surface area contributed by atoms with Crippen LogP contribution in [0.25, 0.3) is 0 Å². The molecule has 30 heavy (non-hydrogen) atoms. The molecular weight excluding hydrogens is 517 g/mol. The normalized spacial score (nSPS) is 11.4. The summed E-state index contributed by atoms with van der Waals surface area (Å²) in [5.74, 6) is 2.09. The van der Waals surface area contributed by atoms with Crippen molar-refractivity contribution in [3.05, 3.63) is 53.1 Å². The fourth-order valence-corrected chi connectivity index (χ4v) is 3.96.